The Hall–Kier alpha value is -1.57. The highest BCUT2D eigenvalue weighted by Crippen LogP contribution is 2.19. The molecule has 0 saturated heterocycles. The van der Waals surface area contributed by atoms with Crippen LogP contribution in [0.4, 0.5) is 0 Å². The van der Waals surface area contributed by atoms with Gasteiger partial charge in [0.15, 0.2) is 0 Å². The van der Waals surface area contributed by atoms with Gasteiger partial charge in [0.25, 0.3) is 0 Å². The topological polar surface area (TPSA) is 17.8 Å². The minimum Gasteiger partial charge on any atom is -0.272 e. The molecule has 0 N–H and O–H groups in total. The predicted molar refractivity (Wildman–Crippen MR) is 62.8 cm³/mol. The Morgan fingerprint density at radius 1 is 1.20 bits per heavy atom. The summed E-state index contributed by atoms with van der Waals surface area (Å²) in [5.74, 6) is 0. The second kappa shape index (κ2) is 3.89. The lowest BCUT2D eigenvalue weighted by Crippen LogP contribution is -1.95. The van der Waals surface area contributed by atoms with Gasteiger partial charge in [-0.15, -0.1) is 0 Å². The van der Waals surface area contributed by atoms with Gasteiger partial charge in [-0.25, -0.2) is 0 Å². The summed E-state index contributed by atoms with van der Waals surface area (Å²) in [6.07, 6.45) is 1.02. The predicted octanol–water partition coefficient (Wildman–Crippen LogP) is 2.96. The molecule has 0 unspecified atom stereocenters. The molecular formula is C13H16N2. The Kier molecular flexibility index (Phi) is 2.58. The van der Waals surface area contributed by atoms with Gasteiger partial charge in [-0.3, -0.25) is 4.68 Å². The number of nitrogens with zero attached hydrogens (tertiary/aromatic N) is 2. The molecule has 1 aromatic heterocycles. The summed E-state index contributed by atoms with van der Waals surface area (Å²) in [7, 11) is 2.00. The van der Waals surface area contributed by atoms with E-state index in [1.54, 1.807) is 0 Å². The van der Waals surface area contributed by atoms with E-state index in [2.05, 4.69) is 49.3 Å². The molecule has 1 heterocycles. The van der Waals surface area contributed by atoms with Gasteiger partial charge in [0.2, 0.25) is 0 Å². The van der Waals surface area contributed by atoms with Crippen LogP contribution in [0.3, 0.4) is 0 Å². The Morgan fingerprint density at radius 2 is 1.87 bits per heavy atom. The standard InChI is InChI=1S/C13H16N2/c1-4-12-9-13(14-15(12)3)11-7-5-10(2)6-8-11/h5-9H,4H2,1-3H3. The normalized spacial score (nSPS) is 10.6. The molecule has 78 valence electrons. The summed E-state index contributed by atoms with van der Waals surface area (Å²) in [4.78, 5) is 0. The summed E-state index contributed by atoms with van der Waals surface area (Å²) in [5.41, 5.74) is 4.81. The van der Waals surface area contributed by atoms with Gasteiger partial charge >= 0.3 is 0 Å². The smallest absolute Gasteiger partial charge is 0.0925 e. The summed E-state index contributed by atoms with van der Waals surface area (Å²) in [6.45, 7) is 4.25. The van der Waals surface area contributed by atoms with Crippen LogP contribution in [0.2, 0.25) is 0 Å². The van der Waals surface area contributed by atoms with Crippen molar-refractivity contribution in [3.63, 3.8) is 0 Å². The lowest BCUT2D eigenvalue weighted by atomic mass is 10.1. The van der Waals surface area contributed by atoms with Crippen LogP contribution in [0.25, 0.3) is 11.3 Å². The van der Waals surface area contributed by atoms with E-state index in [0.29, 0.717) is 0 Å². The Bertz CT molecular complexity index is 452. The van der Waals surface area contributed by atoms with Crippen LogP contribution in [0.1, 0.15) is 18.2 Å². The van der Waals surface area contributed by atoms with Crippen molar-refractivity contribution in [3.8, 4) is 11.3 Å². The molecule has 0 aliphatic rings. The third-order valence-corrected chi connectivity index (χ3v) is 2.69. The van der Waals surface area contributed by atoms with Crippen LogP contribution in [0.5, 0.6) is 0 Å². The van der Waals surface area contributed by atoms with Crippen molar-refractivity contribution in [2.45, 2.75) is 20.3 Å². The summed E-state index contributed by atoms with van der Waals surface area (Å²) in [6, 6.07) is 10.6. The van der Waals surface area contributed by atoms with E-state index in [1.165, 1.54) is 16.8 Å². The van der Waals surface area contributed by atoms with Crippen LogP contribution in [-0.2, 0) is 13.5 Å². The molecule has 1 aromatic carbocycles. The molecule has 15 heavy (non-hydrogen) atoms. The molecule has 0 bridgehead atoms. The van der Waals surface area contributed by atoms with Crippen LogP contribution in [0, 0.1) is 6.92 Å². The maximum atomic E-state index is 4.50. The first-order valence-electron chi connectivity index (χ1n) is 5.30. The highest BCUT2D eigenvalue weighted by atomic mass is 15.3. The lowest BCUT2D eigenvalue weighted by Gasteiger charge is -1.96. The molecule has 0 radical (unpaired) electrons. The molecular weight excluding hydrogens is 184 g/mol. The van der Waals surface area contributed by atoms with Crippen LogP contribution in [-0.4, -0.2) is 9.78 Å². The van der Waals surface area contributed by atoms with Crippen molar-refractivity contribution in [1.29, 1.82) is 0 Å². The minimum atomic E-state index is 1.02. The SMILES string of the molecule is CCc1cc(-c2ccc(C)cc2)nn1C. The van der Waals surface area contributed by atoms with Crippen LogP contribution >= 0.6 is 0 Å². The quantitative estimate of drug-likeness (QED) is 0.728. The molecule has 0 aliphatic heterocycles. The van der Waals surface area contributed by atoms with Gasteiger partial charge in [-0.05, 0) is 19.4 Å². The van der Waals surface area contributed by atoms with E-state index >= 15 is 0 Å². The number of aromatic nitrogens is 2. The van der Waals surface area contributed by atoms with Crippen molar-refractivity contribution in [1.82, 2.24) is 9.78 Å². The van der Waals surface area contributed by atoms with Crippen molar-refractivity contribution >= 4 is 0 Å². The van der Waals surface area contributed by atoms with Gasteiger partial charge < -0.3 is 0 Å². The first-order chi connectivity index (χ1) is 7.20. The Balaban J connectivity index is 2.41. The summed E-state index contributed by atoms with van der Waals surface area (Å²) in [5, 5.41) is 4.50. The van der Waals surface area contributed by atoms with Gasteiger partial charge in [-0.1, -0.05) is 36.8 Å². The molecule has 0 atom stereocenters. The Morgan fingerprint density at radius 3 is 2.40 bits per heavy atom. The molecule has 0 amide bonds. The second-order valence-corrected chi connectivity index (χ2v) is 3.86. The van der Waals surface area contributed by atoms with Crippen LogP contribution in [0.15, 0.2) is 30.3 Å². The average molecular weight is 200 g/mol. The highest BCUT2D eigenvalue weighted by molar-refractivity contribution is 5.59. The first kappa shape index (κ1) is 9.97. The minimum absolute atomic E-state index is 1.02. The fraction of sp³-hybridized carbons (Fsp3) is 0.308. The number of hydrogen-bond donors (Lipinski definition) is 0. The summed E-state index contributed by atoms with van der Waals surface area (Å²) < 4.78 is 1.95. The van der Waals surface area contributed by atoms with E-state index in [0.717, 1.165) is 12.1 Å². The number of rotatable bonds is 2. The van der Waals surface area contributed by atoms with Gasteiger partial charge in [0.1, 0.15) is 0 Å². The van der Waals surface area contributed by atoms with E-state index in [4.69, 9.17) is 0 Å². The highest BCUT2D eigenvalue weighted by Gasteiger charge is 2.04. The molecule has 0 aliphatic carbocycles. The molecule has 0 fully saturated rings. The zero-order chi connectivity index (χ0) is 10.8. The second-order valence-electron chi connectivity index (χ2n) is 3.86. The van der Waals surface area contributed by atoms with Gasteiger partial charge in [-0.2, -0.15) is 5.10 Å². The lowest BCUT2D eigenvalue weighted by molar-refractivity contribution is 0.720. The first-order valence-corrected chi connectivity index (χ1v) is 5.30. The van der Waals surface area contributed by atoms with E-state index in [-0.39, 0.29) is 0 Å². The largest absolute Gasteiger partial charge is 0.272 e. The Labute approximate surface area is 90.6 Å². The maximum Gasteiger partial charge on any atom is 0.0925 e. The molecule has 2 aromatic rings. The van der Waals surface area contributed by atoms with E-state index in [1.807, 2.05) is 11.7 Å². The van der Waals surface area contributed by atoms with Crippen molar-refractivity contribution in [2.75, 3.05) is 0 Å². The summed E-state index contributed by atoms with van der Waals surface area (Å²) >= 11 is 0. The van der Waals surface area contributed by atoms with Crippen molar-refractivity contribution in [2.24, 2.45) is 7.05 Å². The zero-order valence-electron chi connectivity index (χ0n) is 9.49. The fourth-order valence-corrected chi connectivity index (χ4v) is 1.70. The monoisotopic (exact) mass is 200 g/mol. The zero-order valence-corrected chi connectivity index (χ0v) is 9.49. The van der Waals surface area contributed by atoms with Gasteiger partial charge in [0, 0.05) is 18.3 Å². The van der Waals surface area contributed by atoms with Gasteiger partial charge in [0.05, 0.1) is 5.69 Å². The molecule has 0 spiro atoms. The maximum absolute atomic E-state index is 4.50. The van der Waals surface area contributed by atoms with Crippen molar-refractivity contribution < 1.29 is 0 Å². The fourth-order valence-electron chi connectivity index (χ4n) is 1.70. The number of benzene rings is 1. The molecule has 2 rings (SSSR count). The third kappa shape index (κ3) is 1.94. The molecule has 0 saturated carbocycles. The third-order valence-electron chi connectivity index (χ3n) is 2.69. The molecule has 2 nitrogen and oxygen atoms in total. The number of aryl methyl sites for hydroxylation is 3. The van der Waals surface area contributed by atoms with E-state index in [9.17, 15) is 0 Å². The van der Waals surface area contributed by atoms with Crippen LogP contribution < -0.4 is 0 Å². The number of hydrogen-bond acceptors (Lipinski definition) is 1. The average Bonchev–Trinajstić information content (AvgIpc) is 2.61. The van der Waals surface area contributed by atoms with E-state index < -0.39 is 0 Å². The van der Waals surface area contributed by atoms with Crippen molar-refractivity contribution in [3.05, 3.63) is 41.6 Å². The molecule has 2 heteroatoms.